The summed E-state index contributed by atoms with van der Waals surface area (Å²) in [7, 11) is 0. The molecule has 0 saturated heterocycles. The Morgan fingerprint density at radius 2 is 0.429 bits per heavy atom. The van der Waals surface area contributed by atoms with Crippen LogP contribution in [0, 0.1) is 0 Å². The van der Waals surface area contributed by atoms with Gasteiger partial charge < -0.3 is 15.3 Å². The van der Waals surface area contributed by atoms with Crippen LogP contribution in [0.4, 0.5) is 0 Å². The Kier molecular flexibility index (Phi) is 44.4. The summed E-state index contributed by atoms with van der Waals surface area (Å²) in [5.41, 5.74) is 0. The van der Waals surface area contributed by atoms with E-state index in [4.69, 9.17) is 15.3 Å². The van der Waals surface area contributed by atoms with Gasteiger partial charge in [0.05, 0.1) is 0 Å². The molecule has 0 spiro atoms. The Bertz CT molecular complexity index is 521. The maximum Gasteiger partial charge on any atom is 0.303 e. The van der Waals surface area contributed by atoms with Crippen LogP contribution in [0.15, 0.2) is 0 Å². The number of unbranched alkanes of at least 4 members (excludes halogenated alkanes) is 24. The largest absolute Gasteiger partial charge is 0.481 e. The standard InChI is InChI=1S/C16H32O2.2C10H20O2/c1-2-3-4-5-6-7-8-9-10-11-12-13-14-15-16(17)18;2*1-2-3-4-5-6-7-8-9-10(11)12/h2-15H2,1H3,(H,17,18);2*2-9H2,1H3,(H,11,12). The molecule has 6 heteroatoms. The molecule has 0 aromatic heterocycles. The third-order valence-corrected chi connectivity index (χ3v) is 7.48. The minimum atomic E-state index is -0.663. The maximum absolute atomic E-state index is 10.3. The van der Waals surface area contributed by atoms with Crippen molar-refractivity contribution >= 4 is 17.9 Å². The summed E-state index contributed by atoms with van der Waals surface area (Å²) in [5, 5.41) is 25.2. The number of carboxylic acids is 3. The van der Waals surface area contributed by atoms with Crippen LogP contribution in [0.2, 0.25) is 0 Å². The van der Waals surface area contributed by atoms with E-state index in [1.54, 1.807) is 0 Å². The van der Waals surface area contributed by atoms with Gasteiger partial charge in [0.15, 0.2) is 0 Å². The van der Waals surface area contributed by atoms with Crippen molar-refractivity contribution in [2.75, 3.05) is 0 Å². The quantitative estimate of drug-likeness (QED) is 0.0707. The average Bonchev–Trinajstić information content (AvgIpc) is 2.95. The summed E-state index contributed by atoms with van der Waals surface area (Å²) in [5.74, 6) is -1.98. The molecule has 0 aliphatic carbocycles. The minimum absolute atomic E-state index is 0.341. The zero-order chi connectivity index (χ0) is 31.9. The van der Waals surface area contributed by atoms with Gasteiger partial charge in [0.25, 0.3) is 0 Å². The first-order valence-corrected chi connectivity index (χ1v) is 18.0. The molecular formula is C36H72O6. The third-order valence-electron chi connectivity index (χ3n) is 7.48. The van der Waals surface area contributed by atoms with E-state index in [1.165, 1.54) is 135 Å². The van der Waals surface area contributed by atoms with E-state index in [9.17, 15) is 14.4 Å². The molecular weight excluding hydrogens is 528 g/mol. The smallest absolute Gasteiger partial charge is 0.303 e. The van der Waals surface area contributed by atoms with Gasteiger partial charge in [-0.15, -0.1) is 0 Å². The lowest BCUT2D eigenvalue weighted by molar-refractivity contribution is -0.138. The van der Waals surface area contributed by atoms with Crippen LogP contribution in [0.25, 0.3) is 0 Å². The molecule has 0 amide bonds. The van der Waals surface area contributed by atoms with Gasteiger partial charge in [-0.05, 0) is 19.3 Å². The SMILES string of the molecule is CCCCCCCCCC(=O)O.CCCCCCCCCC(=O)O.CCCCCCCCCCCCCCCC(=O)O. The van der Waals surface area contributed by atoms with E-state index in [0.717, 1.165) is 38.5 Å². The van der Waals surface area contributed by atoms with Gasteiger partial charge in [-0.3, -0.25) is 14.4 Å². The van der Waals surface area contributed by atoms with Crippen molar-refractivity contribution in [1.82, 2.24) is 0 Å². The molecule has 0 aromatic rings. The molecule has 0 aromatic carbocycles. The number of hydrogen-bond donors (Lipinski definition) is 3. The molecule has 0 atom stereocenters. The van der Waals surface area contributed by atoms with E-state index < -0.39 is 17.9 Å². The lowest BCUT2D eigenvalue weighted by Crippen LogP contribution is -1.93. The van der Waals surface area contributed by atoms with Gasteiger partial charge in [0, 0.05) is 19.3 Å². The van der Waals surface area contributed by atoms with E-state index in [1.807, 2.05) is 0 Å². The van der Waals surface area contributed by atoms with Crippen LogP contribution >= 0.6 is 0 Å². The number of carboxylic acid groups (broad SMARTS) is 3. The number of aliphatic carboxylic acids is 3. The maximum atomic E-state index is 10.3. The van der Waals surface area contributed by atoms with Crippen molar-refractivity contribution in [1.29, 1.82) is 0 Å². The minimum Gasteiger partial charge on any atom is -0.481 e. The average molecular weight is 601 g/mol. The summed E-state index contributed by atoms with van der Waals surface area (Å²) in [6.07, 6.45) is 34.6. The topological polar surface area (TPSA) is 112 Å². The van der Waals surface area contributed by atoms with Gasteiger partial charge in [-0.2, -0.15) is 0 Å². The van der Waals surface area contributed by atoms with Gasteiger partial charge in [-0.1, -0.05) is 175 Å². The number of hydrogen-bond acceptors (Lipinski definition) is 3. The highest BCUT2D eigenvalue weighted by Crippen LogP contribution is 2.13. The first-order chi connectivity index (χ1) is 20.3. The van der Waals surface area contributed by atoms with Crippen LogP contribution in [0.3, 0.4) is 0 Å². The van der Waals surface area contributed by atoms with Gasteiger partial charge in [0.2, 0.25) is 0 Å². The first-order valence-electron chi connectivity index (χ1n) is 18.0. The van der Waals surface area contributed by atoms with Crippen LogP contribution in [-0.4, -0.2) is 33.2 Å². The normalized spacial score (nSPS) is 10.4. The molecule has 0 aliphatic rings. The van der Waals surface area contributed by atoms with E-state index in [2.05, 4.69) is 20.8 Å². The van der Waals surface area contributed by atoms with E-state index in [-0.39, 0.29) is 0 Å². The summed E-state index contributed by atoms with van der Waals surface area (Å²) in [6.45, 7) is 6.66. The molecule has 0 radical (unpaired) electrons. The Morgan fingerprint density at radius 1 is 0.286 bits per heavy atom. The predicted octanol–water partition coefficient (Wildman–Crippen LogP) is 12.0. The molecule has 0 aliphatic heterocycles. The van der Waals surface area contributed by atoms with Gasteiger partial charge in [-0.25, -0.2) is 0 Å². The molecule has 6 nitrogen and oxygen atoms in total. The second-order valence-electron chi connectivity index (χ2n) is 11.9. The van der Waals surface area contributed by atoms with Crippen molar-refractivity contribution in [3.8, 4) is 0 Å². The molecule has 0 unspecified atom stereocenters. The van der Waals surface area contributed by atoms with Crippen molar-refractivity contribution in [3.05, 3.63) is 0 Å². The summed E-state index contributed by atoms with van der Waals surface area (Å²) in [6, 6.07) is 0. The van der Waals surface area contributed by atoms with Gasteiger partial charge in [0.1, 0.15) is 0 Å². The summed E-state index contributed by atoms with van der Waals surface area (Å²) in [4.78, 5) is 30.6. The van der Waals surface area contributed by atoms with Crippen molar-refractivity contribution in [2.45, 2.75) is 213 Å². The molecule has 0 bridgehead atoms. The fourth-order valence-corrected chi connectivity index (χ4v) is 4.76. The summed E-state index contributed by atoms with van der Waals surface area (Å²) >= 11 is 0. The van der Waals surface area contributed by atoms with Gasteiger partial charge >= 0.3 is 17.9 Å². The molecule has 252 valence electrons. The Hall–Kier alpha value is -1.59. The van der Waals surface area contributed by atoms with Crippen LogP contribution < -0.4 is 0 Å². The molecule has 0 heterocycles. The van der Waals surface area contributed by atoms with Crippen molar-refractivity contribution in [2.24, 2.45) is 0 Å². The number of rotatable bonds is 30. The zero-order valence-electron chi connectivity index (χ0n) is 28.3. The van der Waals surface area contributed by atoms with E-state index in [0.29, 0.717) is 19.3 Å². The molecule has 0 rings (SSSR count). The molecule has 42 heavy (non-hydrogen) atoms. The fraction of sp³-hybridized carbons (Fsp3) is 0.917. The second-order valence-corrected chi connectivity index (χ2v) is 11.9. The van der Waals surface area contributed by atoms with Crippen LogP contribution in [0.5, 0.6) is 0 Å². The molecule has 0 fully saturated rings. The Balaban J connectivity index is -0.000000562. The highest BCUT2D eigenvalue weighted by molar-refractivity contribution is 5.67. The predicted molar refractivity (Wildman–Crippen MR) is 178 cm³/mol. The van der Waals surface area contributed by atoms with Crippen LogP contribution in [0.1, 0.15) is 213 Å². The zero-order valence-corrected chi connectivity index (χ0v) is 28.3. The van der Waals surface area contributed by atoms with Crippen molar-refractivity contribution < 1.29 is 29.7 Å². The summed E-state index contributed by atoms with van der Waals surface area (Å²) < 4.78 is 0. The molecule has 3 N–H and O–H groups in total. The lowest BCUT2D eigenvalue weighted by Gasteiger charge is -2.02. The Morgan fingerprint density at radius 3 is 0.571 bits per heavy atom. The second kappa shape index (κ2) is 41.5. The lowest BCUT2D eigenvalue weighted by atomic mass is 10.0. The van der Waals surface area contributed by atoms with Crippen molar-refractivity contribution in [3.63, 3.8) is 0 Å². The third kappa shape index (κ3) is 54.5. The van der Waals surface area contributed by atoms with E-state index >= 15 is 0 Å². The van der Waals surface area contributed by atoms with Crippen LogP contribution in [-0.2, 0) is 14.4 Å². The highest BCUT2D eigenvalue weighted by atomic mass is 16.4. The highest BCUT2D eigenvalue weighted by Gasteiger charge is 1.98. The first kappa shape index (κ1) is 44.8. The monoisotopic (exact) mass is 601 g/mol. The number of carbonyl (C=O) groups is 3. The fourth-order valence-electron chi connectivity index (χ4n) is 4.76. The molecule has 0 saturated carbocycles. The Labute approximate surface area is 260 Å².